The summed E-state index contributed by atoms with van der Waals surface area (Å²) in [5.74, 6) is -4.89. The molecule has 0 spiro atoms. The van der Waals surface area contributed by atoms with Gasteiger partial charge in [-0.05, 0) is 61.1 Å². The normalized spacial score (nSPS) is 19.1. The lowest BCUT2D eigenvalue weighted by Gasteiger charge is -2.39. The fraction of sp³-hybridized carbons (Fsp3) is 0.333. The van der Waals surface area contributed by atoms with Crippen molar-refractivity contribution in [2.75, 3.05) is 0 Å². The zero-order valence-electron chi connectivity index (χ0n) is 20.0. The number of hydrogen-bond donors (Lipinski definition) is 3. The van der Waals surface area contributed by atoms with Gasteiger partial charge in [0.15, 0.2) is 11.3 Å². The van der Waals surface area contributed by atoms with E-state index in [0.29, 0.717) is 34.9 Å². The quantitative estimate of drug-likeness (QED) is 0.357. The number of alkyl halides is 2. The molecule has 4 aromatic rings. The molecule has 9 nitrogen and oxygen atoms in total. The summed E-state index contributed by atoms with van der Waals surface area (Å²) in [6.45, 7) is 0. The molecule has 194 valence electrons. The van der Waals surface area contributed by atoms with Crippen LogP contribution in [-0.2, 0) is 4.79 Å². The summed E-state index contributed by atoms with van der Waals surface area (Å²) < 4.78 is 38.7. The van der Waals surface area contributed by atoms with Crippen LogP contribution < -0.4 is 16.4 Å². The van der Waals surface area contributed by atoms with Crippen LogP contribution in [0.1, 0.15) is 49.1 Å². The number of halogens is 2. The van der Waals surface area contributed by atoms with E-state index in [0.717, 1.165) is 11.1 Å². The van der Waals surface area contributed by atoms with Gasteiger partial charge >= 0.3 is 5.76 Å². The molecule has 0 aliphatic heterocycles. The number of H-pyrrole nitrogens is 1. The first-order valence-corrected chi connectivity index (χ1v) is 12.2. The Morgan fingerprint density at radius 2 is 1.61 bits per heavy atom. The molecule has 0 bridgehead atoms. The maximum atomic E-state index is 14.0. The fourth-order valence-corrected chi connectivity index (χ4v) is 4.91. The van der Waals surface area contributed by atoms with E-state index in [1.165, 1.54) is 6.07 Å². The number of nitrogens with zero attached hydrogens (tertiary/aromatic N) is 1. The molecule has 0 saturated heterocycles. The van der Waals surface area contributed by atoms with Crippen LogP contribution in [0, 0.1) is 11.3 Å². The Balaban J connectivity index is 1.27. The van der Waals surface area contributed by atoms with Crippen molar-refractivity contribution in [3.8, 4) is 17.2 Å². The van der Waals surface area contributed by atoms with Gasteiger partial charge in [-0.25, -0.2) is 13.6 Å². The number of hydrogen-bond acceptors (Lipinski definition) is 6. The monoisotopic (exact) mass is 520 g/mol. The molecule has 38 heavy (non-hydrogen) atoms. The lowest BCUT2D eigenvalue weighted by atomic mass is 9.78. The van der Waals surface area contributed by atoms with E-state index in [-0.39, 0.29) is 18.6 Å². The van der Waals surface area contributed by atoms with E-state index in [1.54, 1.807) is 30.3 Å². The van der Waals surface area contributed by atoms with Crippen LogP contribution in [0.25, 0.3) is 33.2 Å². The second-order valence-corrected chi connectivity index (χ2v) is 10.1. The Morgan fingerprint density at radius 1 is 0.895 bits per heavy atom. The molecule has 2 amide bonds. The van der Waals surface area contributed by atoms with E-state index in [4.69, 9.17) is 8.83 Å². The molecule has 11 heteroatoms. The molecule has 2 fully saturated rings. The maximum Gasteiger partial charge on any atom is 0.417 e. The largest absolute Gasteiger partial charge is 0.451 e. The van der Waals surface area contributed by atoms with E-state index in [9.17, 15) is 28.4 Å². The standard InChI is InChI=1S/C27H22F2N4O5/c28-27(29)9-7-26(8-10-27,23(35)33-25(14-30)5-6-25)32-22(34)21-13-17-2-1-16(12-20(17)37-21)15-3-4-19-18(11-15)31-24(36)38-19/h1-4,11-13H,5-10H2,(H,31,36)(H,32,34)(H,33,35). The highest BCUT2D eigenvalue weighted by atomic mass is 19.3. The highest BCUT2D eigenvalue weighted by Crippen LogP contribution is 2.41. The van der Waals surface area contributed by atoms with Crippen LogP contribution >= 0.6 is 0 Å². The highest BCUT2D eigenvalue weighted by Gasteiger charge is 2.53. The van der Waals surface area contributed by atoms with Gasteiger partial charge in [0.25, 0.3) is 5.91 Å². The van der Waals surface area contributed by atoms with Crippen molar-refractivity contribution in [1.29, 1.82) is 5.26 Å². The zero-order valence-corrected chi connectivity index (χ0v) is 20.0. The summed E-state index contributed by atoms with van der Waals surface area (Å²) in [5, 5.41) is 15.3. The van der Waals surface area contributed by atoms with E-state index in [1.807, 2.05) is 6.07 Å². The third-order valence-corrected chi connectivity index (χ3v) is 7.44. The number of aromatic amines is 1. The SMILES string of the molecule is N#CC1(NC(=O)C2(NC(=O)c3cc4ccc(-c5ccc6oc(=O)[nH]c6c5)cc4o3)CCC(F)(F)CC2)CC1. The Hall–Kier alpha value is -4.46. The summed E-state index contributed by atoms with van der Waals surface area (Å²) in [6.07, 6.45) is -0.688. The Kier molecular flexibility index (Phi) is 5.21. The topological polar surface area (TPSA) is 141 Å². The van der Waals surface area contributed by atoms with Crippen LogP contribution in [0.4, 0.5) is 8.78 Å². The number of nitriles is 1. The summed E-state index contributed by atoms with van der Waals surface area (Å²) in [5.41, 5.74) is 0.339. The molecule has 2 aliphatic rings. The number of nitrogens with one attached hydrogen (secondary N) is 3. The summed E-state index contributed by atoms with van der Waals surface area (Å²) in [6, 6.07) is 14.1. The molecule has 2 aromatic heterocycles. The van der Waals surface area contributed by atoms with Crippen molar-refractivity contribution >= 4 is 33.9 Å². The molecule has 2 aliphatic carbocycles. The summed E-state index contributed by atoms with van der Waals surface area (Å²) in [7, 11) is 0. The van der Waals surface area contributed by atoms with Gasteiger partial charge in [0.05, 0.1) is 11.6 Å². The van der Waals surface area contributed by atoms with Gasteiger partial charge < -0.3 is 19.5 Å². The summed E-state index contributed by atoms with van der Waals surface area (Å²) in [4.78, 5) is 40.5. The minimum Gasteiger partial charge on any atom is -0.451 e. The van der Waals surface area contributed by atoms with E-state index < -0.39 is 47.4 Å². The number of carbonyl (C=O) groups is 2. The van der Waals surface area contributed by atoms with Crippen molar-refractivity contribution in [1.82, 2.24) is 15.6 Å². The van der Waals surface area contributed by atoms with Crippen molar-refractivity contribution in [3.63, 3.8) is 0 Å². The maximum absolute atomic E-state index is 14.0. The number of furan rings is 1. The van der Waals surface area contributed by atoms with Crippen molar-refractivity contribution < 1.29 is 27.2 Å². The van der Waals surface area contributed by atoms with Crippen molar-refractivity contribution in [2.24, 2.45) is 0 Å². The molecular formula is C27H22F2N4O5. The second kappa shape index (κ2) is 8.28. The molecule has 6 rings (SSSR count). The number of fused-ring (bicyclic) bond motifs is 2. The van der Waals surface area contributed by atoms with Gasteiger partial charge in [0.1, 0.15) is 16.7 Å². The smallest absolute Gasteiger partial charge is 0.417 e. The lowest BCUT2D eigenvalue weighted by molar-refractivity contribution is -0.133. The third-order valence-electron chi connectivity index (χ3n) is 7.44. The van der Waals surface area contributed by atoms with Crippen molar-refractivity contribution in [3.05, 3.63) is 58.8 Å². The minimum atomic E-state index is -2.93. The Labute approximate surface area is 213 Å². The first kappa shape index (κ1) is 23.9. The number of carbonyl (C=O) groups excluding carboxylic acids is 2. The fourth-order valence-electron chi connectivity index (χ4n) is 4.91. The first-order valence-electron chi connectivity index (χ1n) is 12.2. The Bertz CT molecular complexity index is 1700. The van der Waals surface area contributed by atoms with Crippen LogP contribution in [0.5, 0.6) is 0 Å². The average Bonchev–Trinajstić information content (AvgIpc) is 3.36. The summed E-state index contributed by atoms with van der Waals surface area (Å²) >= 11 is 0. The van der Waals surface area contributed by atoms with Gasteiger partial charge in [-0.1, -0.05) is 18.2 Å². The van der Waals surface area contributed by atoms with Gasteiger partial charge in [0, 0.05) is 18.2 Å². The number of rotatable bonds is 5. The van der Waals surface area contributed by atoms with Gasteiger partial charge in [-0.2, -0.15) is 5.26 Å². The van der Waals surface area contributed by atoms with E-state index >= 15 is 0 Å². The van der Waals surface area contributed by atoms with E-state index in [2.05, 4.69) is 21.7 Å². The van der Waals surface area contributed by atoms with Gasteiger partial charge in [0.2, 0.25) is 11.8 Å². The van der Waals surface area contributed by atoms with Crippen LogP contribution in [0.2, 0.25) is 0 Å². The molecular weight excluding hydrogens is 498 g/mol. The highest BCUT2D eigenvalue weighted by molar-refractivity contribution is 6.01. The number of aromatic nitrogens is 1. The third kappa shape index (κ3) is 4.22. The molecule has 0 unspecified atom stereocenters. The molecule has 0 radical (unpaired) electrons. The van der Waals surface area contributed by atoms with Crippen LogP contribution in [0.15, 0.2) is 56.1 Å². The number of benzene rings is 2. The molecule has 0 atom stereocenters. The number of amides is 2. The van der Waals surface area contributed by atoms with Crippen LogP contribution in [-0.4, -0.2) is 33.8 Å². The van der Waals surface area contributed by atoms with Gasteiger partial charge in [-0.15, -0.1) is 0 Å². The minimum absolute atomic E-state index is 0.0716. The molecule has 3 N–H and O–H groups in total. The Morgan fingerprint density at radius 3 is 2.32 bits per heavy atom. The predicted octanol–water partition coefficient (Wildman–Crippen LogP) is 4.38. The second-order valence-electron chi connectivity index (χ2n) is 10.1. The van der Waals surface area contributed by atoms with Gasteiger partial charge in [-0.3, -0.25) is 14.6 Å². The predicted molar refractivity (Wildman–Crippen MR) is 131 cm³/mol. The lowest BCUT2D eigenvalue weighted by Crippen LogP contribution is -2.62. The molecule has 2 heterocycles. The van der Waals surface area contributed by atoms with Crippen molar-refractivity contribution in [2.45, 2.75) is 55.5 Å². The van der Waals surface area contributed by atoms with Crippen LogP contribution in [0.3, 0.4) is 0 Å². The number of oxazole rings is 1. The average molecular weight is 520 g/mol. The first-order chi connectivity index (χ1) is 18.1. The zero-order chi connectivity index (χ0) is 26.7. The molecule has 2 saturated carbocycles. The molecule has 2 aromatic carbocycles.